The van der Waals surface area contributed by atoms with Crippen LogP contribution in [0.1, 0.15) is 42.4 Å². The number of hydrogen-bond acceptors (Lipinski definition) is 8. The molecule has 10 nitrogen and oxygen atoms in total. The lowest BCUT2D eigenvalue weighted by molar-refractivity contribution is 0.0731. The standard InChI is InChI=1S/C23H22N6O4/c1-23(2,3)19-20(30)29(22-26-24-14-28(22)27-19)25-13-15-9-5-7-11-17(15)33-21(31)16-10-6-8-12-18(16)32-4/h5-14H,1-4H3/b25-13-. The van der Waals surface area contributed by atoms with Gasteiger partial charge in [-0.05, 0) is 24.3 Å². The first-order chi connectivity index (χ1) is 15.8. The van der Waals surface area contributed by atoms with E-state index in [1.54, 1.807) is 48.5 Å². The lowest BCUT2D eigenvalue weighted by atomic mass is 9.93. The lowest BCUT2D eigenvalue weighted by Gasteiger charge is -2.17. The van der Waals surface area contributed by atoms with Crippen LogP contribution in [0, 0.1) is 0 Å². The number of nitrogens with zero attached hydrogens (tertiary/aromatic N) is 6. The Kier molecular flexibility index (Phi) is 5.74. The van der Waals surface area contributed by atoms with Gasteiger partial charge in [-0.1, -0.05) is 45.0 Å². The Bertz CT molecular complexity index is 1410. The number of ether oxygens (including phenoxy) is 2. The van der Waals surface area contributed by atoms with E-state index in [1.165, 1.54) is 24.2 Å². The molecule has 0 aliphatic rings. The van der Waals surface area contributed by atoms with Crippen LogP contribution in [-0.4, -0.2) is 43.8 Å². The molecule has 0 saturated heterocycles. The average molecular weight is 446 g/mol. The molecule has 4 rings (SSSR count). The maximum atomic E-state index is 13.1. The summed E-state index contributed by atoms with van der Waals surface area (Å²) in [5, 5.41) is 16.4. The fourth-order valence-electron chi connectivity index (χ4n) is 3.12. The molecule has 0 bridgehead atoms. The minimum absolute atomic E-state index is 0.160. The van der Waals surface area contributed by atoms with E-state index in [0.717, 1.165) is 4.68 Å². The summed E-state index contributed by atoms with van der Waals surface area (Å²) < 4.78 is 13.4. The first-order valence-electron chi connectivity index (χ1n) is 10.1. The van der Waals surface area contributed by atoms with E-state index in [2.05, 4.69) is 20.4 Å². The quantitative estimate of drug-likeness (QED) is 0.263. The van der Waals surface area contributed by atoms with Gasteiger partial charge in [0.05, 0.1) is 13.3 Å². The molecule has 168 valence electrons. The highest BCUT2D eigenvalue weighted by Gasteiger charge is 2.24. The van der Waals surface area contributed by atoms with Gasteiger partial charge in [0.2, 0.25) is 0 Å². The van der Waals surface area contributed by atoms with Gasteiger partial charge in [0.25, 0.3) is 11.3 Å². The number of fused-ring (bicyclic) bond motifs is 1. The van der Waals surface area contributed by atoms with Gasteiger partial charge in [-0.25, -0.2) is 4.79 Å². The van der Waals surface area contributed by atoms with Crippen LogP contribution in [-0.2, 0) is 5.41 Å². The van der Waals surface area contributed by atoms with Crippen molar-refractivity contribution in [1.82, 2.24) is 24.5 Å². The number of para-hydroxylation sites is 2. The van der Waals surface area contributed by atoms with Gasteiger partial charge >= 0.3 is 5.97 Å². The van der Waals surface area contributed by atoms with E-state index in [4.69, 9.17) is 9.47 Å². The highest BCUT2D eigenvalue weighted by molar-refractivity contribution is 5.95. The summed E-state index contributed by atoms with van der Waals surface area (Å²) in [6.07, 6.45) is 2.83. The highest BCUT2D eigenvalue weighted by Crippen LogP contribution is 2.22. The summed E-state index contributed by atoms with van der Waals surface area (Å²) in [5.74, 6) is 0.255. The number of hydrogen-bond donors (Lipinski definition) is 0. The molecule has 33 heavy (non-hydrogen) atoms. The first-order valence-corrected chi connectivity index (χ1v) is 10.1. The third kappa shape index (κ3) is 4.36. The smallest absolute Gasteiger partial charge is 0.347 e. The number of aromatic nitrogens is 5. The Labute approximate surface area is 189 Å². The summed E-state index contributed by atoms with van der Waals surface area (Å²) in [6, 6.07) is 13.6. The number of carbonyl (C=O) groups is 1. The number of benzene rings is 2. The Balaban J connectivity index is 1.72. The number of methoxy groups -OCH3 is 1. The molecule has 0 aliphatic heterocycles. The van der Waals surface area contributed by atoms with Gasteiger partial charge in [0, 0.05) is 11.0 Å². The van der Waals surface area contributed by atoms with Crippen molar-refractivity contribution in [3.63, 3.8) is 0 Å². The van der Waals surface area contributed by atoms with Crippen molar-refractivity contribution in [2.45, 2.75) is 26.2 Å². The predicted octanol–water partition coefficient (Wildman–Crippen LogP) is 2.69. The Morgan fingerprint density at radius 3 is 2.48 bits per heavy atom. The minimum atomic E-state index is -0.579. The van der Waals surface area contributed by atoms with Crippen molar-refractivity contribution in [1.29, 1.82) is 0 Å². The highest BCUT2D eigenvalue weighted by atomic mass is 16.5. The molecule has 0 aliphatic carbocycles. The summed E-state index contributed by atoms with van der Waals surface area (Å²) in [6.45, 7) is 5.65. The van der Waals surface area contributed by atoms with Gasteiger partial charge in [-0.3, -0.25) is 4.79 Å². The molecule has 2 aromatic heterocycles. The number of rotatable bonds is 5. The van der Waals surface area contributed by atoms with Gasteiger partial charge in [-0.15, -0.1) is 10.2 Å². The Morgan fingerprint density at radius 1 is 1.06 bits per heavy atom. The number of carbonyl (C=O) groups excluding carboxylic acids is 1. The first kappa shape index (κ1) is 21.9. The molecule has 0 fully saturated rings. The fourth-order valence-corrected chi connectivity index (χ4v) is 3.12. The zero-order valence-electron chi connectivity index (χ0n) is 18.6. The van der Waals surface area contributed by atoms with E-state index in [-0.39, 0.29) is 17.1 Å². The van der Waals surface area contributed by atoms with Crippen molar-refractivity contribution in [3.05, 3.63) is 82.0 Å². The molecule has 0 spiro atoms. The minimum Gasteiger partial charge on any atom is -0.496 e. The average Bonchev–Trinajstić information content (AvgIpc) is 3.26. The molecular formula is C23H22N6O4. The fraction of sp³-hybridized carbons (Fsp3) is 0.217. The topological polar surface area (TPSA) is 113 Å². The maximum Gasteiger partial charge on any atom is 0.347 e. The van der Waals surface area contributed by atoms with E-state index in [1.807, 2.05) is 20.8 Å². The summed E-state index contributed by atoms with van der Waals surface area (Å²) in [7, 11) is 1.48. The molecule has 0 amide bonds. The van der Waals surface area contributed by atoms with Crippen LogP contribution in [0.2, 0.25) is 0 Å². The van der Waals surface area contributed by atoms with Crippen LogP contribution in [0.25, 0.3) is 5.78 Å². The summed E-state index contributed by atoms with van der Waals surface area (Å²) >= 11 is 0. The van der Waals surface area contributed by atoms with Crippen LogP contribution in [0.5, 0.6) is 11.5 Å². The molecule has 2 heterocycles. The van der Waals surface area contributed by atoms with E-state index in [0.29, 0.717) is 17.0 Å². The molecular weight excluding hydrogens is 424 g/mol. The van der Waals surface area contributed by atoms with Crippen molar-refractivity contribution >= 4 is 18.0 Å². The van der Waals surface area contributed by atoms with E-state index in [9.17, 15) is 9.59 Å². The number of esters is 1. The SMILES string of the molecule is COc1ccccc1C(=O)Oc1ccccc1/C=N\n1c(=O)c(C(C)(C)C)nn2cnnc12. The van der Waals surface area contributed by atoms with E-state index < -0.39 is 16.9 Å². The molecule has 0 N–H and O–H groups in total. The van der Waals surface area contributed by atoms with Crippen LogP contribution < -0.4 is 15.0 Å². The molecule has 4 aromatic rings. The van der Waals surface area contributed by atoms with Crippen LogP contribution in [0.4, 0.5) is 0 Å². The van der Waals surface area contributed by atoms with Gasteiger partial charge in [0.15, 0.2) is 0 Å². The van der Waals surface area contributed by atoms with Crippen molar-refractivity contribution in [2.75, 3.05) is 7.11 Å². The molecule has 0 radical (unpaired) electrons. The molecule has 0 atom stereocenters. The van der Waals surface area contributed by atoms with Crippen molar-refractivity contribution in [3.8, 4) is 11.5 Å². The summed E-state index contributed by atoms with van der Waals surface area (Å²) in [5.41, 5.74) is 0.150. The molecule has 2 aromatic carbocycles. The van der Waals surface area contributed by atoms with Crippen LogP contribution >= 0.6 is 0 Å². The second kappa shape index (κ2) is 8.65. The third-order valence-electron chi connectivity index (χ3n) is 4.78. The maximum absolute atomic E-state index is 13.1. The third-order valence-corrected chi connectivity index (χ3v) is 4.78. The van der Waals surface area contributed by atoms with Gasteiger partial charge < -0.3 is 9.47 Å². The zero-order valence-corrected chi connectivity index (χ0v) is 18.6. The molecule has 0 unspecified atom stereocenters. The van der Waals surface area contributed by atoms with Crippen molar-refractivity contribution in [2.24, 2.45) is 5.10 Å². The second-order valence-corrected chi connectivity index (χ2v) is 8.16. The molecule has 10 heteroatoms. The zero-order chi connectivity index (χ0) is 23.6. The van der Waals surface area contributed by atoms with Gasteiger partial charge in [-0.2, -0.15) is 19.4 Å². The Hall–Kier alpha value is -4.34. The lowest BCUT2D eigenvalue weighted by Crippen LogP contribution is -2.33. The summed E-state index contributed by atoms with van der Waals surface area (Å²) in [4.78, 5) is 25.8. The largest absolute Gasteiger partial charge is 0.496 e. The Morgan fingerprint density at radius 2 is 1.76 bits per heavy atom. The van der Waals surface area contributed by atoms with Crippen LogP contribution in [0.3, 0.4) is 0 Å². The predicted molar refractivity (Wildman–Crippen MR) is 121 cm³/mol. The van der Waals surface area contributed by atoms with Crippen LogP contribution in [0.15, 0.2) is 64.8 Å². The second-order valence-electron chi connectivity index (χ2n) is 8.16. The van der Waals surface area contributed by atoms with Gasteiger partial charge in [0.1, 0.15) is 29.1 Å². The normalized spacial score (nSPS) is 11.8. The molecule has 0 saturated carbocycles. The van der Waals surface area contributed by atoms with E-state index >= 15 is 0 Å². The monoisotopic (exact) mass is 446 g/mol. The van der Waals surface area contributed by atoms with Crippen molar-refractivity contribution < 1.29 is 14.3 Å².